The van der Waals surface area contributed by atoms with Crippen LogP contribution in [0.1, 0.15) is 76.8 Å². The Morgan fingerprint density at radius 3 is 1.20 bits per heavy atom. The van der Waals surface area contributed by atoms with Crippen LogP contribution in [0.5, 0.6) is 0 Å². The topological polar surface area (TPSA) is 165 Å². The lowest BCUT2D eigenvalue weighted by Gasteiger charge is -2.15. The zero-order valence-corrected chi connectivity index (χ0v) is 34.0. The molecule has 0 saturated carbocycles. The van der Waals surface area contributed by atoms with Gasteiger partial charge in [0.1, 0.15) is 11.6 Å². The fourth-order valence-electron chi connectivity index (χ4n) is 7.54. The first-order valence-electron chi connectivity index (χ1n) is 19.9. The Hall–Kier alpha value is -5.92. The quantitative estimate of drug-likeness (QED) is 0.0562. The van der Waals surface area contributed by atoms with E-state index < -0.39 is 49.2 Å². The van der Waals surface area contributed by atoms with Crippen LogP contribution in [0, 0.1) is 11.6 Å². The Bertz CT molecular complexity index is 2280. The number of aromatic nitrogens is 2. The summed E-state index contributed by atoms with van der Waals surface area (Å²) in [6.07, 6.45) is 1.45. The van der Waals surface area contributed by atoms with Crippen molar-refractivity contribution in [2.45, 2.75) is 89.9 Å². The van der Waals surface area contributed by atoms with Crippen LogP contribution >= 0.6 is 0 Å². The highest BCUT2D eigenvalue weighted by molar-refractivity contribution is 6.02. The fourth-order valence-corrected chi connectivity index (χ4v) is 7.54. The molecule has 0 aliphatic rings. The van der Waals surface area contributed by atoms with Gasteiger partial charge in [-0.05, 0) is 87.4 Å². The highest BCUT2D eigenvalue weighted by Crippen LogP contribution is 2.39. The molecule has 2 heterocycles. The molecule has 0 aliphatic carbocycles. The predicted octanol–water partition coefficient (Wildman–Crippen LogP) is 9.26. The zero-order valence-electron chi connectivity index (χ0n) is 34.0. The van der Waals surface area contributed by atoms with E-state index in [0.29, 0.717) is 0 Å². The molecule has 0 saturated heterocycles. The van der Waals surface area contributed by atoms with E-state index in [-0.39, 0.29) is 36.6 Å². The van der Waals surface area contributed by atoms with Crippen LogP contribution in [0.15, 0.2) is 109 Å². The fraction of sp³-hybridized carbons (Fsp3) is 0.292. The Morgan fingerprint density at radius 1 is 0.550 bits per heavy atom. The monoisotopic (exact) mass is 822 g/mol. The maximum Gasteiger partial charge on any atom is 0.305 e. The van der Waals surface area contributed by atoms with Crippen LogP contribution in [0.2, 0.25) is 0 Å². The van der Waals surface area contributed by atoms with Crippen LogP contribution < -0.4 is 0 Å². The smallest absolute Gasteiger partial charge is 0.305 e. The van der Waals surface area contributed by atoms with Gasteiger partial charge in [-0.15, -0.1) is 0 Å². The molecule has 12 heteroatoms. The third-order valence-corrected chi connectivity index (χ3v) is 10.00. The molecule has 0 bridgehead atoms. The Kier molecular flexibility index (Phi) is 15.3. The number of carbonyl (C=O) groups is 2. The van der Waals surface area contributed by atoms with E-state index in [1.54, 1.807) is 48.6 Å². The molecule has 60 heavy (non-hydrogen) atoms. The minimum Gasteiger partial charge on any atom is -0.481 e. The first kappa shape index (κ1) is 45.2. The molecule has 0 radical (unpaired) electrons. The van der Waals surface area contributed by atoms with E-state index >= 15 is 0 Å². The average molecular weight is 823 g/mol. The molecule has 0 aliphatic heterocycles. The van der Waals surface area contributed by atoms with Crippen molar-refractivity contribution in [1.29, 1.82) is 0 Å². The van der Waals surface area contributed by atoms with Crippen LogP contribution in [-0.2, 0) is 9.59 Å². The third-order valence-electron chi connectivity index (χ3n) is 10.00. The van der Waals surface area contributed by atoms with Crippen LogP contribution in [-0.4, -0.2) is 76.1 Å². The number of nitrogens with zero attached hydrogens (tertiary/aromatic N) is 2. The molecule has 0 fully saturated rings. The van der Waals surface area contributed by atoms with Gasteiger partial charge in [-0.3, -0.25) is 9.59 Å². The van der Waals surface area contributed by atoms with Gasteiger partial charge in [0.05, 0.1) is 37.3 Å². The van der Waals surface area contributed by atoms with Crippen LogP contribution in [0.4, 0.5) is 8.78 Å². The van der Waals surface area contributed by atoms with Crippen LogP contribution in [0.3, 0.4) is 0 Å². The summed E-state index contributed by atoms with van der Waals surface area (Å²) in [5, 5.41) is 59.7. The number of aliphatic hydroxyl groups is 4. The number of para-hydroxylation sites is 2. The second-order valence-corrected chi connectivity index (χ2v) is 15.3. The number of halogens is 2. The molecule has 6 aromatic rings. The number of carboxylic acid groups (broad SMARTS) is 2. The average Bonchev–Trinajstić information content (AvgIpc) is 3.69. The van der Waals surface area contributed by atoms with Gasteiger partial charge in [0.2, 0.25) is 0 Å². The van der Waals surface area contributed by atoms with E-state index in [9.17, 15) is 38.8 Å². The zero-order chi connectivity index (χ0) is 43.7. The molecule has 4 aromatic carbocycles. The van der Waals surface area contributed by atoms with Gasteiger partial charge in [-0.2, -0.15) is 0 Å². The lowest BCUT2D eigenvalue weighted by Crippen LogP contribution is -2.19. The Balaban J connectivity index is 0.000000228. The maximum atomic E-state index is 13.5. The van der Waals surface area contributed by atoms with Crippen molar-refractivity contribution >= 4 is 45.9 Å². The molecule has 2 aromatic heterocycles. The van der Waals surface area contributed by atoms with Gasteiger partial charge >= 0.3 is 11.9 Å². The highest BCUT2D eigenvalue weighted by atomic mass is 19.1. The van der Waals surface area contributed by atoms with Crippen molar-refractivity contribution < 1.29 is 49.0 Å². The maximum absolute atomic E-state index is 13.5. The molecule has 6 N–H and O–H groups in total. The number of hydrogen-bond acceptors (Lipinski definition) is 6. The highest BCUT2D eigenvalue weighted by Gasteiger charge is 2.21. The lowest BCUT2D eigenvalue weighted by molar-refractivity contribution is -0.140. The number of fused-ring (bicyclic) bond motifs is 2. The molecule has 0 amide bonds. The largest absolute Gasteiger partial charge is 0.481 e. The normalized spacial score (nSPS) is 13.9. The number of aliphatic carboxylic acids is 2. The summed E-state index contributed by atoms with van der Waals surface area (Å²) in [7, 11) is 0. The van der Waals surface area contributed by atoms with Gasteiger partial charge < -0.3 is 39.8 Å². The Labute approximate surface area is 347 Å². The van der Waals surface area contributed by atoms with Gasteiger partial charge in [0.15, 0.2) is 0 Å². The minimum absolute atomic E-state index is 0.0728. The number of benzene rings is 4. The van der Waals surface area contributed by atoms with Gasteiger partial charge in [0, 0.05) is 69.2 Å². The van der Waals surface area contributed by atoms with Crippen molar-refractivity contribution in [1.82, 2.24) is 9.13 Å². The number of hydrogen-bond donors (Lipinski definition) is 6. The summed E-state index contributed by atoms with van der Waals surface area (Å²) < 4.78 is 31.3. The Morgan fingerprint density at radius 2 is 0.883 bits per heavy atom. The van der Waals surface area contributed by atoms with Crippen molar-refractivity contribution in [3.05, 3.63) is 132 Å². The standard InChI is InChI=1S/2C24H26FNO4/c2*1-15(2)26-21-6-4-3-5-20(21)24(16-7-9-17(25)10-8-16)22(26)12-11-18(27)13-19(28)14-23(29)30/h2*3-12,15,18-19,27-28H,13-14H2,1-2H3,(H,29,30)/b2*12-11+/t2*18-,19-/m11/s1. The van der Waals surface area contributed by atoms with E-state index in [1.165, 1.54) is 24.3 Å². The van der Waals surface area contributed by atoms with E-state index in [1.807, 2.05) is 48.5 Å². The van der Waals surface area contributed by atoms with Crippen LogP contribution in [0.25, 0.3) is 56.2 Å². The van der Waals surface area contributed by atoms with Crippen molar-refractivity contribution in [3.8, 4) is 22.3 Å². The van der Waals surface area contributed by atoms with Gasteiger partial charge in [-0.25, -0.2) is 8.78 Å². The summed E-state index contributed by atoms with van der Waals surface area (Å²) in [6, 6.07) is 28.7. The summed E-state index contributed by atoms with van der Waals surface area (Å²) >= 11 is 0. The van der Waals surface area contributed by atoms with Gasteiger partial charge in [-0.1, -0.05) is 72.8 Å². The number of rotatable bonds is 16. The number of aliphatic hydroxyl groups excluding tert-OH is 4. The van der Waals surface area contributed by atoms with Crippen molar-refractivity contribution in [3.63, 3.8) is 0 Å². The van der Waals surface area contributed by atoms with Gasteiger partial charge in [0.25, 0.3) is 0 Å². The second kappa shape index (κ2) is 20.4. The van der Waals surface area contributed by atoms with Crippen molar-refractivity contribution in [2.75, 3.05) is 0 Å². The predicted molar refractivity (Wildman–Crippen MR) is 231 cm³/mol. The van der Waals surface area contributed by atoms with E-state index in [4.69, 9.17) is 10.2 Å². The molecule has 10 nitrogen and oxygen atoms in total. The minimum atomic E-state index is -1.13. The molecule has 316 valence electrons. The first-order valence-corrected chi connectivity index (χ1v) is 19.9. The molecular weight excluding hydrogens is 771 g/mol. The summed E-state index contributed by atoms with van der Waals surface area (Å²) in [4.78, 5) is 21.5. The molecule has 0 unspecified atom stereocenters. The molecular formula is C48H52F2N2O8. The molecule has 0 spiro atoms. The molecule has 6 rings (SSSR count). The van der Waals surface area contributed by atoms with Crippen molar-refractivity contribution in [2.24, 2.45) is 0 Å². The second-order valence-electron chi connectivity index (χ2n) is 15.3. The summed E-state index contributed by atoms with van der Waals surface area (Å²) in [5.74, 6) is -2.85. The van der Waals surface area contributed by atoms with E-state index in [2.05, 4.69) is 36.8 Å². The third kappa shape index (κ3) is 11.2. The molecule has 4 atom stereocenters. The SMILES string of the molecule is CC(C)n1c(/C=C/[C@@H](O)C[C@@H](O)CC(=O)O)c(-c2ccc(F)cc2)c2ccccc21.CC(C)n1c(/C=C/[C@@H](O)C[C@@H](O)CC(=O)O)c(-c2ccc(F)cc2)c2ccccc21. The van der Waals surface area contributed by atoms with E-state index in [0.717, 1.165) is 55.4 Å². The summed E-state index contributed by atoms with van der Waals surface area (Å²) in [5.41, 5.74) is 7.30. The number of carboxylic acids is 2. The first-order chi connectivity index (χ1) is 28.5. The lowest BCUT2D eigenvalue weighted by atomic mass is 10.0. The summed E-state index contributed by atoms with van der Waals surface area (Å²) in [6.45, 7) is 8.24.